The summed E-state index contributed by atoms with van der Waals surface area (Å²) < 4.78 is 5.31. The summed E-state index contributed by atoms with van der Waals surface area (Å²) in [6, 6.07) is 15.5. The molecule has 5 heteroatoms. The number of rotatable bonds is 5. The van der Waals surface area contributed by atoms with Crippen LogP contribution in [0.3, 0.4) is 0 Å². The molecule has 2 N–H and O–H groups in total. The van der Waals surface area contributed by atoms with E-state index in [-0.39, 0.29) is 30.8 Å². The van der Waals surface area contributed by atoms with Crippen molar-refractivity contribution in [1.29, 1.82) is 0 Å². The summed E-state index contributed by atoms with van der Waals surface area (Å²) in [4.78, 5) is 23.5. The molecule has 0 bridgehead atoms. The topological polar surface area (TPSA) is 67.4 Å². The Morgan fingerprint density at radius 3 is 2.83 bits per heavy atom. The van der Waals surface area contributed by atoms with Crippen LogP contribution in [0.5, 0.6) is 5.75 Å². The zero-order valence-corrected chi connectivity index (χ0v) is 13.5. The lowest BCUT2D eigenvalue weighted by Gasteiger charge is -2.18. The van der Waals surface area contributed by atoms with Gasteiger partial charge in [-0.05, 0) is 29.2 Å². The fourth-order valence-electron chi connectivity index (χ4n) is 2.65. The standard InChI is InChI=1S/C19H20N2O3/c1-13(15-5-3-2-4-6-15)11-20-18(22)10-14-7-8-17-16(9-14)21-19(23)12-24-17/h2-9,13H,10-12H2,1H3,(H,20,22)(H,21,23)/t13-/m0/s1. The molecule has 124 valence electrons. The van der Waals surface area contributed by atoms with Gasteiger partial charge in [-0.2, -0.15) is 0 Å². The summed E-state index contributed by atoms with van der Waals surface area (Å²) in [5.41, 5.74) is 2.66. The number of hydrogen-bond donors (Lipinski definition) is 2. The molecular weight excluding hydrogens is 304 g/mol. The molecule has 1 aliphatic heterocycles. The van der Waals surface area contributed by atoms with Gasteiger partial charge >= 0.3 is 0 Å². The molecule has 2 amide bonds. The van der Waals surface area contributed by atoms with Crippen molar-refractivity contribution in [3.63, 3.8) is 0 Å². The summed E-state index contributed by atoms with van der Waals surface area (Å²) in [6.45, 7) is 2.71. The highest BCUT2D eigenvalue weighted by atomic mass is 16.5. The molecule has 0 radical (unpaired) electrons. The first kappa shape index (κ1) is 16.1. The fraction of sp³-hybridized carbons (Fsp3) is 0.263. The van der Waals surface area contributed by atoms with E-state index in [9.17, 15) is 9.59 Å². The molecule has 0 unspecified atom stereocenters. The van der Waals surface area contributed by atoms with Crippen LogP contribution in [0.1, 0.15) is 24.0 Å². The maximum absolute atomic E-state index is 12.2. The number of amides is 2. The van der Waals surface area contributed by atoms with Gasteiger partial charge in [0.1, 0.15) is 5.75 Å². The highest BCUT2D eigenvalue weighted by Crippen LogP contribution is 2.28. The Labute approximate surface area is 141 Å². The second-order valence-electron chi connectivity index (χ2n) is 5.96. The van der Waals surface area contributed by atoms with Gasteiger partial charge in [-0.15, -0.1) is 0 Å². The van der Waals surface area contributed by atoms with Crippen LogP contribution in [0.15, 0.2) is 48.5 Å². The maximum Gasteiger partial charge on any atom is 0.262 e. The van der Waals surface area contributed by atoms with Crippen LogP contribution in [0.2, 0.25) is 0 Å². The van der Waals surface area contributed by atoms with Crippen molar-refractivity contribution in [2.45, 2.75) is 19.3 Å². The van der Waals surface area contributed by atoms with Crippen LogP contribution in [0, 0.1) is 0 Å². The molecule has 5 nitrogen and oxygen atoms in total. The largest absolute Gasteiger partial charge is 0.482 e. The third-order valence-electron chi connectivity index (χ3n) is 4.02. The molecule has 0 aromatic heterocycles. The van der Waals surface area contributed by atoms with Crippen LogP contribution >= 0.6 is 0 Å². The second kappa shape index (κ2) is 7.17. The van der Waals surface area contributed by atoms with Gasteiger partial charge in [0.05, 0.1) is 12.1 Å². The Hall–Kier alpha value is -2.82. The van der Waals surface area contributed by atoms with Crippen molar-refractivity contribution in [2.24, 2.45) is 0 Å². The van der Waals surface area contributed by atoms with Gasteiger partial charge in [-0.3, -0.25) is 9.59 Å². The number of nitrogens with one attached hydrogen (secondary N) is 2. The van der Waals surface area contributed by atoms with Crippen LogP contribution in [0.4, 0.5) is 5.69 Å². The molecular formula is C19H20N2O3. The molecule has 0 saturated heterocycles. The zero-order chi connectivity index (χ0) is 16.9. The first-order valence-corrected chi connectivity index (χ1v) is 7.99. The van der Waals surface area contributed by atoms with E-state index in [0.29, 0.717) is 18.0 Å². The number of anilines is 1. The van der Waals surface area contributed by atoms with Gasteiger partial charge in [0, 0.05) is 6.54 Å². The van der Waals surface area contributed by atoms with E-state index in [1.54, 1.807) is 12.1 Å². The predicted molar refractivity (Wildman–Crippen MR) is 92.1 cm³/mol. The van der Waals surface area contributed by atoms with Crippen molar-refractivity contribution in [2.75, 3.05) is 18.5 Å². The lowest BCUT2D eigenvalue weighted by molar-refractivity contribution is -0.120. The quantitative estimate of drug-likeness (QED) is 0.888. The average Bonchev–Trinajstić information content (AvgIpc) is 2.60. The van der Waals surface area contributed by atoms with E-state index >= 15 is 0 Å². The summed E-state index contributed by atoms with van der Waals surface area (Å²) in [6.07, 6.45) is 0.269. The zero-order valence-electron chi connectivity index (χ0n) is 13.5. The molecule has 0 spiro atoms. The molecule has 0 fully saturated rings. The highest BCUT2D eigenvalue weighted by molar-refractivity contribution is 5.95. The van der Waals surface area contributed by atoms with Gasteiger partial charge in [-0.1, -0.05) is 43.3 Å². The van der Waals surface area contributed by atoms with Crippen molar-refractivity contribution in [1.82, 2.24) is 5.32 Å². The molecule has 2 aromatic rings. The van der Waals surface area contributed by atoms with E-state index in [2.05, 4.69) is 29.7 Å². The number of hydrogen-bond acceptors (Lipinski definition) is 3. The summed E-state index contributed by atoms with van der Waals surface area (Å²) in [5, 5.41) is 5.71. The molecule has 2 aromatic carbocycles. The van der Waals surface area contributed by atoms with Crippen molar-refractivity contribution >= 4 is 17.5 Å². The van der Waals surface area contributed by atoms with E-state index in [1.807, 2.05) is 24.3 Å². The Balaban J connectivity index is 1.55. The molecule has 1 heterocycles. The first-order chi connectivity index (χ1) is 11.6. The number of benzene rings is 2. The van der Waals surface area contributed by atoms with Crippen LogP contribution in [-0.4, -0.2) is 25.0 Å². The van der Waals surface area contributed by atoms with Gasteiger partial charge in [0.25, 0.3) is 5.91 Å². The lowest BCUT2D eigenvalue weighted by Crippen LogP contribution is -2.29. The lowest BCUT2D eigenvalue weighted by atomic mass is 10.0. The minimum atomic E-state index is -0.180. The number of ether oxygens (including phenoxy) is 1. The van der Waals surface area contributed by atoms with Crippen molar-refractivity contribution in [3.8, 4) is 5.75 Å². The second-order valence-corrected chi connectivity index (χ2v) is 5.96. The minimum absolute atomic E-state index is 0.0320. The highest BCUT2D eigenvalue weighted by Gasteiger charge is 2.16. The van der Waals surface area contributed by atoms with E-state index < -0.39 is 0 Å². The van der Waals surface area contributed by atoms with Crippen LogP contribution < -0.4 is 15.4 Å². The van der Waals surface area contributed by atoms with Gasteiger partial charge in [0.2, 0.25) is 5.91 Å². The number of fused-ring (bicyclic) bond motifs is 1. The molecule has 24 heavy (non-hydrogen) atoms. The smallest absolute Gasteiger partial charge is 0.262 e. The minimum Gasteiger partial charge on any atom is -0.482 e. The molecule has 1 atom stereocenters. The average molecular weight is 324 g/mol. The normalized spacial score (nSPS) is 14.1. The third-order valence-corrected chi connectivity index (χ3v) is 4.02. The van der Waals surface area contributed by atoms with E-state index in [0.717, 1.165) is 5.56 Å². The van der Waals surface area contributed by atoms with Crippen molar-refractivity contribution in [3.05, 3.63) is 59.7 Å². The van der Waals surface area contributed by atoms with Crippen molar-refractivity contribution < 1.29 is 14.3 Å². The SMILES string of the molecule is C[C@@H](CNC(=O)Cc1ccc2c(c1)NC(=O)CO2)c1ccccc1. The molecule has 0 aliphatic carbocycles. The molecule has 3 rings (SSSR count). The maximum atomic E-state index is 12.2. The van der Waals surface area contributed by atoms with Gasteiger partial charge < -0.3 is 15.4 Å². The summed E-state index contributed by atoms with van der Waals surface area (Å²) in [5.74, 6) is 0.671. The van der Waals surface area contributed by atoms with E-state index in [1.165, 1.54) is 5.56 Å². The molecule has 0 saturated carbocycles. The Morgan fingerprint density at radius 2 is 2.04 bits per heavy atom. The molecule has 1 aliphatic rings. The third kappa shape index (κ3) is 3.93. The predicted octanol–water partition coefficient (Wildman–Crippen LogP) is 2.48. The summed E-state index contributed by atoms with van der Waals surface area (Å²) >= 11 is 0. The Bertz CT molecular complexity index is 744. The Morgan fingerprint density at radius 1 is 1.25 bits per heavy atom. The monoisotopic (exact) mass is 324 g/mol. The fourth-order valence-corrected chi connectivity index (χ4v) is 2.65. The number of carbonyl (C=O) groups is 2. The summed E-state index contributed by atoms with van der Waals surface area (Å²) in [7, 11) is 0. The van der Waals surface area contributed by atoms with E-state index in [4.69, 9.17) is 4.74 Å². The van der Waals surface area contributed by atoms with Gasteiger partial charge in [0.15, 0.2) is 6.61 Å². The Kier molecular flexibility index (Phi) is 4.79. The van der Waals surface area contributed by atoms with Crippen LogP contribution in [-0.2, 0) is 16.0 Å². The number of carbonyl (C=O) groups excluding carboxylic acids is 2. The first-order valence-electron chi connectivity index (χ1n) is 7.99. The van der Waals surface area contributed by atoms with Crippen LogP contribution in [0.25, 0.3) is 0 Å². The van der Waals surface area contributed by atoms with Gasteiger partial charge in [-0.25, -0.2) is 0 Å².